The average Bonchev–Trinajstić information content (AvgIpc) is 2.45. The van der Waals surface area contributed by atoms with Gasteiger partial charge in [-0.1, -0.05) is 0 Å². The molecule has 0 fully saturated rings. The fourth-order valence-electron chi connectivity index (χ4n) is 1.17. The first kappa shape index (κ1) is 13.0. The van der Waals surface area contributed by atoms with Gasteiger partial charge in [-0.25, -0.2) is 0 Å². The molecule has 0 aliphatic rings. The molecule has 0 bridgehead atoms. The van der Waals surface area contributed by atoms with Gasteiger partial charge in [-0.05, 0) is 35.5 Å². The molecule has 6 heteroatoms. The van der Waals surface area contributed by atoms with Crippen LogP contribution in [0.2, 0.25) is 0 Å². The molecule has 0 unspecified atom stereocenters. The standard InChI is InChI=1S/C9H11BrF3NS/c1-14(6-9(11,12)13)3-2-8-4-7(10)5-15-8/h4-5H,2-3,6H2,1H3. The average molecular weight is 302 g/mol. The van der Waals surface area contributed by atoms with E-state index >= 15 is 0 Å². The van der Waals surface area contributed by atoms with Crippen molar-refractivity contribution in [1.29, 1.82) is 0 Å². The third-order valence-corrected chi connectivity index (χ3v) is 3.57. The highest BCUT2D eigenvalue weighted by atomic mass is 79.9. The van der Waals surface area contributed by atoms with Gasteiger partial charge in [0.15, 0.2) is 0 Å². The fraction of sp³-hybridized carbons (Fsp3) is 0.556. The molecule has 1 aromatic rings. The topological polar surface area (TPSA) is 3.24 Å². The minimum absolute atomic E-state index is 0.423. The summed E-state index contributed by atoms with van der Waals surface area (Å²) in [6.45, 7) is -0.425. The highest BCUT2D eigenvalue weighted by molar-refractivity contribution is 9.10. The summed E-state index contributed by atoms with van der Waals surface area (Å²) in [5.41, 5.74) is 0. The second-order valence-electron chi connectivity index (χ2n) is 3.33. The predicted octanol–water partition coefficient (Wildman–Crippen LogP) is 3.55. The van der Waals surface area contributed by atoms with Crippen LogP contribution in [-0.2, 0) is 6.42 Å². The van der Waals surface area contributed by atoms with Crippen LogP contribution in [0, 0.1) is 0 Å². The lowest BCUT2D eigenvalue weighted by Crippen LogP contribution is -2.32. The van der Waals surface area contributed by atoms with Gasteiger partial charge in [0, 0.05) is 21.3 Å². The van der Waals surface area contributed by atoms with Crippen LogP contribution in [0.3, 0.4) is 0 Å². The second-order valence-corrected chi connectivity index (χ2v) is 5.25. The lowest BCUT2D eigenvalue weighted by atomic mass is 10.3. The number of nitrogens with zero attached hydrogens (tertiary/aromatic N) is 1. The van der Waals surface area contributed by atoms with Gasteiger partial charge in [-0.15, -0.1) is 11.3 Å². The maximum Gasteiger partial charge on any atom is 0.401 e. The number of hydrogen-bond acceptors (Lipinski definition) is 2. The van der Waals surface area contributed by atoms with Crippen LogP contribution in [-0.4, -0.2) is 31.2 Å². The SMILES string of the molecule is CN(CCc1cc(Br)cs1)CC(F)(F)F. The van der Waals surface area contributed by atoms with Gasteiger partial charge in [0.2, 0.25) is 0 Å². The number of thiophene rings is 1. The van der Waals surface area contributed by atoms with Gasteiger partial charge < -0.3 is 0 Å². The van der Waals surface area contributed by atoms with Gasteiger partial charge in [-0.3, -0.25) is 4.90 Å². The first-order valence-corrected chi connectivity index (χ1v) is 6.02. The molecular weight excluding hydrogens is 291 g/mol. The summed E-state index contributed by atoms with van der Waals surface area (Å²) in [6.07, 6.45) is -3.45. The van der Waals surface area contributed by atoms with E-state index in [2.05, 4.69) is 15.9 Å². The Morgan fingerprint density at radius 1 is 1.47 bits per heavy atom. The lowest BCUT2D eigenvalue weighted by molar-refractivity contribution is -0.142. The first-order chi connectivity index (χ1) is 6.87. The Hall–Kier alpha value is -0.0700. The van der Waals surface area contributed by atoms with Crippen molar-refractivity contribution in [3.05, 3.63) is 20.8 Å². The Kier molecular flexibility index (Phi) is 4.61. The van der Waals surface area contributed by atoms with Crippen molar-refractivity contribution >= 4 is 27.3 Å². The Morgan fingerprint density at radius 3 is 2.60 bits per heavy atom. The summed E-state index contributed by atoms with van der Waals surface area (Å²) < 4.78 is 37.0. The summed E-state index contributed by atoms with van der Waals surface area (Å²) >= 11 is 4.86. The van der Waals surface area contributed by atoms with Crippen molar-refractivity contribution in [2.75, 3.05) is 20.1 Å². The summed E-state index contributed by atoms with van der Waals surface area (Å²) in [6, 6.07) is 1.94. The zero-order valence-corrected chi connectivity index (χ0v) is 10.5. The van der Waals surface area contributed by atoms with Crippen LogP contribution in [0.25, 0.3) is 0 Å². The van der Waals surface area contributed by atoms with E-state index in [1.165, 1.54) is 11.9 Å². The van der Waals surface area contributed by atoms with Gasteiger partial charge in [0.05, 0.1) is 6.54 Å². The van der Waals surface area contributed by atoms with Crippen LogP contribution in [0.15, 0.2) is 15.9 Å². The minimum atomic E-state index is -4.11. The molecule has 0 N–H and O–H groups in total. The molecule has 0 aliphatic heterocycles. The van der Waals surface area contributed by atoms with Gasteiger partial charge in [-0.2, -0.15) is 13.2 Å². The molecule has 0 aromatic carbocycles. The molecule has 0 amide bonds. The molecule has 1 heterocycles. The molecular formula is C9H11BrF3NS. The molecule has 0 radical (unpaired) electrons. The maximum absolute atomic E-state index is 12.0. The zero-order chi connectivity index (χ0) is 11.5. The fourth-order valence-corrected chi connectivity index (χ4v) is 2.62. The van der Waals surface area contributed by atoms with Gasteiger partial charge in [0.25, 0.3) is 0 Å². The molecule has 0 saturated heterocycles. The Labute approximate surface area is 99.0 Å². The van der Waals surface area contributed by atoms with E-state index in [0.717, 1.165) is 9.35 Å². The van der Waals surface area contributed by atoms with Crippen molar-refractivity contribution in [2.24, 2.45) is 0 Å². The third kappa shape index (κ3) is 5.53. The van der Waals surface area contributed by atoms with Crippen molar-refractivity contribution in [3.63, 3.8) is 0 Å². The van der Waals surface area contributed by atoms with Crippen LogP contribution >= 0.6 is 27.3 Å². The number of halogens is 4. The molecule has 1 nitrogen and oxygen atoms in total. The highest BCUT2D eigenvalue weighted by Gasteiger charge is 2.28. The second kappa shape index (κ2) is 5.32. The number of likely N-dealkylation sites (N-methyl/N-ethyl adjacent to an activating group) is 1. The van der Waals surface area contributed by atoms with E-state index in [0.29, 0.717) is 13.0 Å². The van der Waals surface area contributed by atoms with E-state index in [1.54, 1.807) is 11.3 Å². The largest absolute Gasteiger partial charge is 0.401 e. The van der Waals surface area contributed by atoms with Gasteiger partial charge >= 0.3 is 6.18 Å². The molecule has 15 heavy (non-hydrogen) atoms. The third-order valence-electron chi connectivity index (χ3n) is 1.81. The molecule has 0 spiro atoms. The highest BCUT2D eigenvalue weighted by Crippen LogP contribution is 2.21. The van der Waals surface area contributed by atoms with Crippen molar-refractivity contribution in [1.82, 2.24) is 4.90 Å². The van der Waals surface area contributed by atoms with E-state index in [9.17, 15) is 13.2 Å². The Bertz CT molecular complexity index is 311. The minimum Gasteiger partial charge on any atom is -0.298 e. The van der Waals surface area contributed by atoms with E-state index in [4.69, 9.17) is 0 Å². The number of alkyl halides is 3. The molecule has 86 valence electrons. The van der Waals surface area contributed by atoms with Crippen LogP contribution in [0.1, 0.15) is 4.88 Å². The summed E-state index contributed by atoms with van der Waals surface area (Å²) in [5, 5.41) is 1.93. The first-order valence-electron chi connectivity index (χ1n) is 4.35. The summed E-state index contributed by atoms with van der Waals surface area (Å²) in [4.78, 5) is 2.38. The summed E-state index contributed by atoms with van der Waals surface area (Å²) in [5.74, 6) is 0. The van der Waals surface area contributed by atoms with Crippen LogP contribution in [0.4, 0.5) is 13.2 Å². The van der Waals surface area contributed by atoms with Crippen molar-refractivity contribution < 1.29 is 13.2 Å². The monoisotopic (exact) mass is 301 g/mol. The molecule has 0 atom stereocenters. The molecule has 0 saturated carbocycles. The Balaban J connectivity index is 2.31. The normalized spacial score (nSPS) is 12.4. The maximum atomic E-state index is 12.0. The number of hydrogen-bond donors (Lipinski definition) is 0. The Morgan fingerprint density at radius 2 is 2.13 bits per heavy atom. The predicted molar refractivity (Wildman–Crippen MR) is 59.3 cm³/mol. The lowest BCUT2D eigenvalue weighted by Gasteiger charge is -2.17. The van der Waals surface area contributed by atoms with E-state index < -0.39 is 12.7 Å². The quantitative estimate of drug-likeness (QED) is 0.822. The van der Waals surface area contributed by atoms with Crippen molar-refractivity contribution in [3.8, 4) is 0 Å². The molecule has 1 aromatic heterocycles. The van der Waals surface area contributed by atoms with Crippen LogP contribution < -0.4 is 0 Å². The van der Waals surface area contributed by atoms with E-state index in [1.807, 2.05) is 11.4 Å². The van der Waals surface area contributed by atoms with Crippen LogP contribution in [0.5, 0.6) is 0 Å². The smallest absolute Gasteiger partial charge is 0.298 e. The summed E-state index contributed by atoms with van der Waals surface area (Å²) in [7, 11) is 1.48. The van der Waals surface area contributed by atoms with E-state index in [-0.39, 0.29) is 0 Å². The van der Waals surface area contributed by atoms with Crippen molar-refractivity contribution in [2.45, 2.75) is 12.6 Å². The molecule has 0 aliphatic carbocycles. The molecule has 1 rings (SSSR count). The van der Waals surface area contributed by atoms with Gasteiger partial charge in [0.1, 0.15) is 0 Å². The number of rotatable bonds is 4. The zero-order valence-electron chi connectivity index (χ0n) is 8.14.